The number of rotatable bonds is 6. The molecule has 7 nitrogen and oxygen atoms in total. The van der Waals surface area contributed by atoms with E-state index in [9.17, 15) is 15.2 Å². The number of aromatic nitrogens is 1. The Hall–Kier alpha value is -1.89. The molecule has 20 heavy (non-hydrogen) atoms. The molecular weight excluding hydrogens is 260 g/mol. The van der Waals surface area contributed by atoms with Crippen molar-refractivity contribution in [1.29, 1.82) is 0 Å². The lowest BCUT2D eigenvalue weighted by Gasteiger charge is -2.18. The van der Waals surface area contributed by atoms with Gasteiger partial charge in [0.15, 0.2) is 0 Å². The summed E-state index contributed by atoms with van der Waals surface area (Å²) >= 11 is 0. The topological polar surface area (TPSA) is 100 Å². The van der Waals surface area contributed by atoms with Gasteiger partial charge < -0.3 is 15.7 Å². The molecule has 0 aromatic carbocycles. The molecule has 1 fully saturated rings. The summed E-state index contributed by atoms with van der Waals surface area (Å²) in [7, 11) is 1.72. The lowest BCUT2D eigenvalue weighted by atomic mass is 9.97. The first-order valence-corrected chi connectivity index (χ1v) is 6.83. The Labute approximate surface area is 117 Å². The highest BCUT2D eigenvalue weighted by Crippen LogP contribution is 2.32. The lowest BCUT2D eigenvalue weighted by Crippen LogP contribution is -2.21. The van der Waals surface area contributed by atoms with E-state index in [1.165, 1.54) is 6.07 Å². The maximum Gasteiger partial charge on any atom is 0.311 e. The minimum atomic E-state index is -0.438. The van der Waals surface area contributed by atoms with Crippen molar-refractivity contribution in [3.05, 3.63) is 22.2 Å². The van der Waals surface area contributed by atoms with E-state index in [-0.39, 0.29) is 24.0 Å². The summed E-state index contributed by atoms with van der Waals surface area (Å²) in [6, 6.07) is 3.02. The van der Waals surface area contributed by atoms with E-state index in [1.807, 2.05) is 0 Å². The third-order valence-electron chi connectivity index (χ3n) is 3.91. The minimum absolute atomic E-state index is 0.0254. The Morgan fingerprint density at radius 2 is 2.20 bits per heavy atom. The Kier molecular flexibility index (Phi) is 4.73. The van der Waals surface area contributed by atoms with E-state index in [1.54, 1.807) is 13.1 Å². The first-order valence-electron chi connectivity index (χ1n) is 6.83. The van der Waals surface area contributed by atoms with Crippen molar-refractivity contribution < 1.29 is 10.0 Å². The molecule has 0 aliphatic heterocycles. The van der Waals surface area contributed by atoms with E-state index in [0.717, 1.165) is 19.3 Å². The number of hydrogen-bond acceptors (Lipinski definition) is 6. The van der Waals surface area contributed by atoms with Crippen molar-refractivity contribution >= 4 is 17.3 Å². The molecular formula is C13H20N4O3. The predicted molar refractivity (Wildman–Crippen MR) is 76.8 cm³/mol. The van der Waals surface area contributed by atoms with Crippen molar-refractivity contribution in [2.45, 2.75) is 19.3 Å². The molecule has 110 valence electrons. The van der Waals surface area contributed by atoms with Crippen LogP contribution in [-0.2, 0) is 0 Å². The second-order valence-electron chi connectivity index (χ2n) is 5.09. The molecule has 2 atom stereocenters. The molecule has 1 heterocycles. The predicted octanol–water partition coefficient (Wildman–Crippen LogP) is 1.85. The standard InChI is InChI=1S/C13H20N4O3/c1-14-12-6-5-11(17(19)20)13(16-12)15-7-9-3-2-4-10(9)8-18/h5-6,9-10,18H,2-4,7-8H2,1H3,(H2,14,15,16). The third-order valence-corrected chi connectivity index (χ3v) is 3.91. The molecule has 0 bridgehead atoms. The average molecular weight is 280 g/mol. The maximum atomic E-state index is 11.0. The summed E-state index contributed by atoms with van der Waals surface area (Å²) in [5.41, 5.74) is -0.0254. The zero-order chi connectivity index (χ0) is 14.5. The number of pyridine rings is 1. The van der Waals surface area contributed by atoms with E-state index in [4.69, 9.17) is 0 Å². The van der Waals surface area contributed by atoms with Gasteiger partial charge in [-0.2, -0.15) is 0 Å². The van der Waals surface area contributed by atoms with Crippen LogP contribution in [0.25, 0.3) is 0 Å². The average Bonchev–Trinajstić information content (AvgIpc) is 2.91. The highest BCUT2D eigenvalue weighted by molar-refractivity contribution is 5.60. The number of nitrogens with zero attached hydrogens (tertiary/aromatic N) is 2. The Bertz CT molecular complexity index is 481. The Balaban J connectivity index is 2.09. The normalized spacial score (nSPS) is 21.7. The summed E-state index contributed by atoms with van der Waals surface area (Å²) in [6.07, 6.45) is 3.16. The van der Waals surface area contributed by atoms with Crippen LogP contribution in [0.4, 0.5) is 17.3 Å². The molecule has 1 aliphatic carbocycles. The summed E-state index contributed by atoms with van der Waals surface area (Å²) in [6.45, 7) is 0.782. The van der Waals surface area contributed by atoms with Crippen LogP contribution in [0.15, 0.2) is 12.1 Å². The molecule has 1 saturated carbocycles. The van der Waals surface area contributed by atoms with Crippen LogP contribution in [0.5, 0.6) is 0 Å². The van der Waals surface area contributed by atoms with Gasteiger partial charge in [0.25, 0.3) is 0 Å². The minimum Gasteiger partial charge on any atom is -0.396 e. The van der Waals surface area contributed by atoms with Gasteiger partial charge in [-0.25, -0.2) is 4.98 Å². The second-order valence-corrected chi connectivity index (χ2v) is 5.09. The number of nitrogens with one attached hydrogen (secondary N) is 2. The van der Waals surface area contributed by atoms with E-state index in [2.05, 4.69) is 15.6 Å². The van der Waals surface area contributed by atoms with Gasteiger partial charge in [0.1, 0.15) is 5.82 Å². The first-order chi connectivity index (χ1) is 9.65. The van der Waals surface area contributed by atoms with E-state index in [0.29, 0.717) is 18.3 Å². The molecule has 7 heteroatoms. The zero-order valence-corrected chi connectivity index (χ0v) is 11.5. The highest BCUT2D eigenvalue weighted by atomic mass is 16.6. The fourth-order valence-corrected chi connectivity index (χ4v) is 2.72. The van der Waals surface area contributed by atoms with Gasteiger partial charge in [0, 0.05) is 26.3 Å². The number of nitro groups is 1. The summed E-state index contributed by atoms with van der Waals surface area (Å²) in [5.74, 6) is 1.50. The number of anilines is 2. The van der Waals surface area contributed by atoms with Crippen molar-refractivity contribution in [1.82, 2.24) is 4.98 Å². The van der Waals surface area contributed by atoms with Crippen LogP contribution in [0.1, 0.15) is 19.3 Å². The smallest absolute Gasteiger partial charge is 0.311 e. The molecule has 0 saturated heterocycles. The lowest BCUT2D eigenvalue weighted by molar-refractivity contribution is -0.384. The van der Waals surface area contributed by atoms with Gasteiger partial charge in [0.05, 0.1) is 4.92 Å². The first kappa shape index (κ1) is 14.5. The Morgan fingerprint density at radius 3 is 2.85 bits per heavy atom. The molecule has 1 aliphatic rings. The SMILES string of the molecule is CNc1ccc([N+](=O)[O-])c(NCC2CCCC2CO)n1. The summed E-state index contributed by atoms with van der Waals surface area (Å²) in [5, 5.41) is 26.2. The van der Waals surface area contributed by atoms with E-state index < -0.39 is 4.92 Å². The Morgan fingerprint density at radius 1 is 1.45 bits per heavy atom. The molecule has 0 amide bonds. The third kappa shape index (κ3) is 3.16. The van der Waals surface area contributed by atoms with Gasteiger partial charge in [-0.15, -0.1) is 0 Å². The van der Waals surface area contributed by atoms with Crippen LogP contribution >= 0.6 is 0 Å². The van der Waals surface area contributed by atoms with Crippen LogP contribution in [-0.4, -0.2) is 35.2 Å². The van der Waals surface area contributed by atoms with Crippen molar-refractivity contribution in [3.8, 4) is 0 Å². The summed E-state index contributed by atoms with van der Waals surface area (Å²) < 4.78 is 0. The van der Waals surface area contributed by atoms with Gasteiger partial charge in [-0.3, -0.25) is 10.1 Å². The number of aliphatic hydroxyl groups excluding tert-OH is 1. The molecule has 1 aromatic rings. The van der Waals surface area contributed by atoms with Gasteiger partial charge in [-0.05, 0) is 30.7 Å². The van der Waals surface area contributed by atoms with Gasteiger partial charge in [0.2, 0.25) is 5.82 Å². The number of aliphatic hydroxyl groups is 1. The number of hydrogen-bond donors (Lipinski definition) is 3. The van der Waals surface area contributed by atoms with Crippen molar-refractivity contribution in [3.63, 3.8) is 0 Å². The van der Waals surface area contributed by atoms with E-state index >= 15 is 0 Å². The summed E-state index contributed by atoms with van der Waals surface area (Å²) in [4.78, 5) is 14.8. The van der Waals surface area contributed by atoms with Crippen molar-refractivity contribution in [2.24, 2.45) is 11.8 Å². The molecule has 0 radical (unpaired) electrons. The fourth-order valence-electron chi connectivity index (χ4n) is 2.72. The monoisotopic (exact) mass is 280 g/mol. The fraction of sp³-hybridized carbons (Fsp3) is 0.615. The van der Waals surface area contributed by atoms with Crippen LogP contribution in [0.2, 0.25) is 0 Å². The van der Waals surface area contributed by atoms with Gasteiger partial charge >= 0.3 is 5.69 Å². The molecule has 2 unspecified atom stereocenters. The molecule has 0 spiro atoms. The second kappa shape index (κ2) is 6.51. The van der Waals surface area contributed by atoms with Gasteiger partial charge in [-0.1, -0.05) is 6.42 Å². The quantitative estimate of drug-likeness (QED) is 0.543. The van der Waals surface area contributed by atoms with Crippen LogP contribution < -0.4 is 10.6 Å². The maximum absolute atomic E-state index is 11.0. The zero-order valence-electron chi connectivity index (χ0n) is 11.5. The largest absolute Gasteiger partial charge is 0.396 e. The van der Waals surface area contributed by atoms with Crippen LogP contribution in [0.3, 0.4) is 0 Å². The van der Waals surface area contributed by atoms with Crippen LogP contribution in [0, 0.1) is 22.0 Å². The molecule has 2 rings (SSSR count). The van der Waals surface area contributed by atoms with Crippen molar-refractivity contribution in [2.75, 3.05) is 30.8 Å². The molecule has 1 aromatic heterocycles. The molecule has 3 N–H and O–H groups in total. The highest BCUT2D eigenvalue weighted by Gasteiger charge is 2.27.